The Kier molecular flexibility index (Phi) is 9.32. The van der Waals surface area contributed by atoms with Gasteiger partial charge in [-0.3, -0.25) is 4.99 Å². The van der Waals surface area contributed by atoms with E-state index in [0.29, 0.717) is 12.6 Å². The highest BCUT2D eigenvalue weighted by Gasteiger charge is 2.19. The molecular weight excluding hydrogens is 324 g/mol. The lowest BCUT2D eigenvalue weighted by atomic mass is 10.1. The summed E-state index contributed by atoms with van der Waals surface area (Å²) in [5.74, 6) is 1.91. The summed E-state index contributed by atoms with van der Waals surface area (Å²) in [4.78, 5) is 7.28. The largest absolute Gasteiger partial charge is 0.493 e. The second-order valence-electron chi connectivity index (χ2n) is 6.99. The first-order valence-electron chi connectivity index (χ1n) is 10.2. The molecule has 5 nitrogen and oxygen atoms in total. The quantitative estimate of drug-likeness (QED) is 0.403. The van der Waals surface area contributed by atoms with E-state index in [2.05, 4.69) is 42.4 Å². The third-order valence-electron chi connectivity index (χ3n) is 4.74. The van der Waals surface area contributed by atoms with Gasteiger partial charge in [0.05, 0.1) is 6.61 Å². The second-order valence-corrected chi connectivity index (χ2v) is 6.99. The number of hydrogen-bond acceptors (Lipinski definition) is 3. The van der Waals surface area contributed by atoms with Crippen LogP contribution in [0.15, 0.2) is 29.3 Å². The highest BCUT2D eigenvalue weighted by molar-refractivity contribution is 5.80. The van der Waals surface area contributed by atoms with E-state index in [1.54, 1.807) is 0 Å². The molecule has 0 unspecified atom stereocenters. The first-order valence-corrected chi connectivity index (χ1v) is 10.2. The van der Waals surface area contributed by atoms with E-state index in [9.17, 15) is 0 Å². The van der Waals surface area contributed by atoms with Crippen molar-refractivity contribution in [3.05, 3.63) is 29.8 Å². The van der Waals surface area contributed by atoms with Crippen LogP contribution in [0.2, 0.25) is 0 Å². The molecule has 0 aliphatic carbocycles. The molecular formula is C21H36N4O. The van der Waals surface area contributed by atoms with Gasteiger partial charge in [0.15, 0.2) is 5.96 Å². The summed E-state index contributed by atoms with van der Waals surface area (Å²) in [7, 11) is 0. The number of nitrogens with zero attached hydrogens (tertiary/aromatic N) is 2. The van der Waals surface area contributed by atoms with Crippen molar-refractivity contribution in [3.8, 4) is 5.75 Å². The van der Waals surface area contributed by atoms with Crippen molar-refractivity contribution in [1.82, 2.24) is 15.5 Å². The monoisotopic (exact) mass is 360 g/mol. The lowest BCUT2D eigenvalue weighted by Gasteiger charge is -2.32. The first-order chi connectivity index (χ1) is 12.7. The molecule has 1 aromatic rings. The number of likely N-dealkylation sites (tertiary alicyclic amines) is 1. The molecule has 5 heteroatoms. The average Bonchev–Trinajstić information content (AvgIpc) is 2.65. The number of rotatable bonds is 9. The zero-order valence-electron chi connectivity index (χ0n) is 16.8. The van der Waals surface area contributed by atoms with Crippen LogP contribution in [0.25, 0.3) is 0 Å². The van der Waals surface area contributed by atoms with Crippen LogP contribution >= 0.6 is 0 Å². The van der Waals surface area contributed by atoms with Crippen LogP contribution in [-0.2, 0) is 0 Å². The van der Waals surface area contributed by atoms with Crippen LogP contribution < -0.4 is 15.4 Å². The minimum Gasteiger partial charge on any atom is -0.493 e. The minimum atomic E-state index is 0.532. The van der Waals surface area contributed by atoms with E-state index in [0.717, 1.165) is 31.2 Å². The molecule has 0 aromatic heterocycles. The Morgan fingerprint density at radius 2 is 2.00 bits per heavy atom. The van der Waals surface area contributed by atoms with Gasteiger partial charge in [-0.25, -0.2) is 0 Å². The minimum absolute atomic E-state index is 0.532. The van der Waals surface area contributed by atoms with Crippen LogP contribution in [0.1, 0.15) is 45.1 Å². The van der Waals surface area contributed by atoms with Gasteiger partial charge in [0, 0.05) is 38.6 Å². The van der Waals surface area contributed by atoms with E-state index in [-0.39, 0.29) is 0 Å². The number of nitrogens with one attached hydrogen (secondary N) is 2. The normalized spacial score (nSPS) is 16.5. The Bertz CT molecular complexity index is 539. The maximum absolute atomic E-state index is 5.85. The summed E-state index contributed by atoms with van der Waals surface area (Å²) in [5.41, 5.74) is 1.18. The second kappa shape index (κ2) is 11.8. The lowest BCUT2D eigenvalue weighted by Crippen LogP contribution is -2.48. The number of ether oxygens (including phenoxy) is 1. The van der Waals surface area contributed by atoms with Crippen LogP contribution in [0.4, 0.5) is 0 Å². The zero-order chi connectivity index (χ0) is 18.6. The molecule has 146 valence electrons. The molecule has 1 heterocycles. The average molecular weight is 361 g/mol. The highest BCUT2D eigenvalue weighted by Crippen LogP contribution is 2.16. The standard InChI is InChI=1S/C21H36N4O/c1-4-14-25-15-11-19(12-16-25)24-21(22-5-2)23-13-8-17-26-20-10-7-6-9-18(20)3/h6-7,9-10,19H,4-5,8,11-17H2,1-3H3,(H2,22,23,24). The van der Waals surface area contributed by atoms with Gasteiger partial charge in [-0.15, -0.1) is 0 Å². The fourth-order valence-electron chi connectivity index (χ4n) is 3.29. The summed E-state index contributed by atoms with van der Waals surface area (Å²) in [6.45, 7) is 12.4. The Morgan fingerprint density at radius 3 is 2.69 bits per heavy atom. The van der Waals surface area contributed by atoms with E-state index in [4.69, 9.17) is 9.73 Å². The van der Waals surface area contributed by atoms with Crippen molar-refractivity contribution in [1.29, 1.82) is 0 Å². The molecule has 0 spiro atoms. The van der Waals surface area contributed by atoms with Crippen LogP contribution in [0.3, 0.4) is 0 Å². The SMILES string of the molecule is CCCN1CCC(NC(=NCCCOc2ccccc2C)NCC)CC1. The number of piperidine rings is 1. The first kappa shape index (κ1) is 20.6. The summed E-state index contributed by atoms with van der Waals surface area (Å²) < 4.78 is 5.85. The third kappa shape index (κ3) is 7.24. The van der Waals surface area contributed by atoms with Gasteiger partial charge in [0.1, 0.15) is 5.75 Å². The number of guanidine groups is 1. The van der Waals surface area contributed by atoms with Crippen molar-refractivity contribution in [2.45, 2.75) is 52.5 Å². The molecule has 0 amide bonds. The number of benzene rings is 1. The molecule has 0 atom stereocenters. The number of hydrogen-bond donors (Lipinski definition) is 2. The molecule has 2 N–H and O–H groups in total. The van der Waals surface area contributed by atoms with Gasteiger partial charge in [-0.1, -0.05) is 25.1 Å². The Balaban J connectivity index is 1.70. The number of aryl methyl sites for hydroxylation is 1. The van der Waals surface area contributed by atoms with Crippen molar-refractivity contribution < 1.29 is 4.74 Å². The van der Waals surface area contributed by atoms with Gasteiger partial charge in [-0.2, -0.15) is 0 Å². The molecule has 26 heavy (non-hydrogen) atoms. The predicted octanol–water partition coefficient (Wildman–Crippen LogP) is 3.19. The van der Waals surface area contributed by atoms with Gasteiger partial charge >= 0.3 is 0 Å². The molecule has 2 rings (SSSR count). The summed E-state index contributed by atoms with van der Waals surface area (Å²) in [6.07, 6.45) is 4.55. The molecule has 1 saturated heterocycles. The maximum atomic E-state index is 5.85. The fourth-order valence-corrected chi connectivity index (χ4v) is 3.29. The Hall–Kier alpha value is -1.75. The molecule has 0 bridgehead atoms. The third-order valence-corrected chi connectivity index (χ3v) is 4.74. The maximum Gasteiger partial charge on any atom is 0.191 e. The molecule has 0 radical (unpaired) electrons. The van der Waals surface area contributed by atoms with Gasteiger partial charge in [-0.05, 0) is 51.3 Å². The molecule has 1 aliphatic rings. The summed E-state index contributed by atoms with van der Waals surface area (Å²) in [5, 5.41) is 6.98. The van der Waals surface area contributed by atoms with E-state index in [1.165, 1.54) is 44.5 Å². The summed E-state index contributed by atoms with van der Waals surface area (Å²) >= 11 is 0. The van der Waals surface area contributed by atoms with Gasteiger partial charge in [0.25, 0.3) is 0 Å². The molecule has 1 aromatic carbocycles. The van der Waals surface area contributed by atoms with Crippen molar-refractivity contribution >= 4 is 5.96 Å². The van der Waals surface area contributed by atoms with Gasteiger partial charge in [0.2, 0.25) is 0 Å². The van der Waals surface area contributed by atoms with Crippen molar-refractivity contribution in [3.63, 3.8) is 0 Å². The number of para-hydroxylation sites is 1. The highest BCUT2D eigenvalue weighted by atomic mass is 16.5. The predicted molar refractivity (Wildman–Crippen MR) is 110 cm³/mol. The van der Waals surface area contributed by atoms with Crippen LogP contribution in [-0.4, -0.2) is 56.2 Å². The molecule has 0 saturated carbocycles. The Morgan fingerprint density at radius 1 is 1.23 bits per heavy atom. The van der Waals surface area contributed by atoms with Crippen molar-refractivity contribution in [2.24, 2.45) is 4.99 Å². The molecule has 1 aliphatic heterocycles. The Labute approximate surface area is 159 Å². The zero-order valence-corrected chi connectivity index (χ0v) is 16.8. The van der Waals surface area contributed by atoms with Gasteiger partial charge < -0.3 is 20.3 Å². The van der Waals surface area contributed by atoms with E-state index >= 15 is 0 Å². The van der Waals surface area contributed by atoms with Crippen molar-refractivity contribution in [2.75, 3.05) is 39.3 Å². The molecule has 1 fully saturated rings. The lowest BCUT2D eigenvalue weighted by molar-refractivity contribution is 0.206. The van der Waals surface area contributed by atoms with Crippen LogP contribution in [0, 0.1) is 6.92 Å². The van der Waals surface area contributed by atoms with Crippen LogP contribution in [0.5, 0.6) is 5.75 Å². The number of aliphatic imine (C=N–C) groups is 1. The van der Waals surface area contributed by atoms with E-state index in [1.807, 2.05) is 18.2 Å². The fraction of sp³-hybridized carbons (Fsp3) is 0.667. The summed E-state index contributed by atoms with van der Waals surface area (Å²) in [6, 6.07) is 8.68. The topological polar surface area (TPSA) is 48.9 Å². The van der Waals surface area contributed by atoms with E-state index < -0.39 is 0 Å². The smallest absolute Gasteiger partial charge is 0.191 e.